The van der Waals surface area contributed by atoms with E-state index < -0.39 is 10.5 Å². The van der Waals surface area contributed by atoms with E-state index in [4.69, 9.17) is 4.74 Å². The van der Waals surface area contributed by atoms with E-state index in [2.05, 4.69) is 24.9 Å². The molecule has 242 valence electrons. The molecule has 0 spiro atoms. The van der Waals surface area contributed by atoms with E-state index in [1.807, 2.05) is 36.5 Å². The fourth-order valence-corrected chi connectivity index (χ4v) is 6.62. The van der Waals surface area contributed by atoms with Crippen LogP contribution in [0.4, 0.5) is 4.79 Å². The van der Waals surface area contributed by atoms with Gasteiger partial charge in [-0.1, -0.05) is 134 Å². The number of pyridine rings is 1. The summed E-state index contributed by atoms with van der Waals surface area (Å²) in [5, 5.41) is -0.997. The van der Waals surface area contributed by atoms with Crippen LogP contribution in [-0.4, -0.2) is 38.8 Å². The van der Waals surface area contributed by atoms with Crippen LogP contribution in [0.2, 0.25) is 0 Å². The van der Waals surface area contributed by atoms with Crippen LogP contribution in [0.3, 0.4) is 0 Å². The molecular formula is C37H54N2O4S. The van der Waals surface area contributed by atoms with Gasteiger partial charge >= 0.3 is 0 Å². The zero-order valence-corrected chi connectivity index (χ0v) is 28.0. The first-order chi connectivity index (χ1) is 21.5. The Kier molecular flexibility index (Phi) is 17.2. The maximum absolute atomic E-state index is 12.9. The van der Waals surface area contributed by atoms with Gasteiger partial charge in [-0.2, -0.15) is 0 Å². The molecule has 1 aliphatic heterocycles. The number of benzene rings is 1. The zero-order chi connectivity index (χ0) is 31.4. The molecule has 0 saturated carbocycles. The Labute approximate surface area is 270 Å². The largest absolute Gasteiger partial charge is 0.493 e. The molecule has 7 heteroatoms. The van der Waals surface area contributed by atoms with Gasteiger partial charge < -0.3 is 4.74 Å². The van der Waals surface area contributed by atoms with Crippen molar-refractivity contribution in [1.82, 2.24) is 9.88 Å². The standard InChI is InChI=1S/C37H54N2O4S/c1-3-5-6-7-8-9-10-11-12-13-14-15-16-17-18-19-35(40)39-36(41)34(44-37(39)42)28-31-21-24-33(25-22-31)43-27-26-32-23-20-30(4-2)29-38-32/h20-25,29,34H,3-19,26-28H2,1-2H3. The number of aryl methyl sites for hydroxylation is 1. The molecule has 0 radical (unpaired) electrons. The summed E-state index contributed by atoms with van der Waals surface area (Å²) in [7, 11) is 0. The van der Waals surface area contributed by atoms with E-state index in [1.165, 1.54) is 82.6 Å². The molecule has 3 amide bonds. The summed E-state index contributed by atoms with van der Waals surface area (Å²) in [4.78, 5) is 43.6. The monoisotopic (exact) mass is 622 g/mol. The van der Waals surface area contributed by atoms with Crippen molar-refractivity contribution >= 4 is 28.8 Å². The molecule has 0 bridgehead atoms. The highest BCUT2D eigenvalue weighted by molar-refractivity contribution is 8.15. The lowest BCUT2D eigenvalue weighted by Crippen LogP contribution is -2.37. The first kappa shape index (κ1) is 35.8. The molecule has 1 aliphatic rings. The second-order valence-electron chi connectivity index (χ2n) is 12.1. The van der Waals surface area contributed by atoms with E-state index >= 15 is 0 Å². The number of ether oxygens (including phenoxy) is 1. The molecule has 1 atom stereocenters. The molecule has 1 aromatic carbocycles. The quantitative estimate of drug-likeness (QED) is 0.115. The summed E-state index contributed by atoms with van der Waals surface area (Å²) in [5.41, 5.74) is 3.15. The SMILES string of the molecule is CCCCCCCCCCCCCCCCCC(=O)N1C(=O)SC(Cc2ccc(OCCc3ccc(CC)cn3)cc2)C1=O. The highest BCUT2D eigenvalue weighted by Gasteiger charge is 2.42. The molecule has 1 fully saturated rings. The van der Waals surface area contributed by atoms with Crippen LogP contribution in [0.25, 0.3) is 0 Å². The number of thioether (sulfide) groups is 1. The Morgan fingerprint density at radius 3 is 1.89 bits per heavy atom. The topological polar surface area (TPSA) is 76.6 Å². The van der Waals surface area contributed by atoms with Gasteiger partial charge in [0.15, 0.2) is 0 Å². The van der Waals surface area contributed by atoms with Crippen LogP contribution in [0, 0.1) is 0 Å². The van der Waals surface area contributed by atoms with Crippen molar-refractivity contribution in [3.8, 4) is 5.75 Å². The number of carbonyl (C=O) groups is 3. The number of carbonyl (C=O) groups excluding carboxylic acids is 3. The van der Waals surface area contributed by atoms with Crippen LogP contribution in [0.5, 0.6) is 5.75 Å². The molecule has 44 heavy (non-hydrogen) atoms. The summed E-state index contributed by atoms with van der Waals surface area (Å²) >= 11 is 0.965. The van der Waals surface area contributed by atoms with Gasteiger partial charge in [-0.3, -0.25) is 19.4 Å². The minimum absolute atomic E-state index is 0.257. The molecular weight excluding hydrogens is 568 g/mol. The van der Waals surface area contributed by atoms with Crippen molar-refractivity contribution in [1.29, 1.82) is 0 Å². The van der Waals surface area contributed by atoms with Crippen LogP contribution < -0.4 is 4.74 Å². The Morgan fingerprint density at radius 2 is 1.34 bits per heavy atom. The smallest absolute Gasteiger partial charge is 0.295 e. The van der Waals surface area contributed by atoms with Gasteiger partial charge in [0.1, 0.15) is 5.75 Å². The number of unbranched alkanes of at least 4 members (excludes halogenated alkanes) is 14. The van der Waals surface area contributed by atoms with E-state index in [9.17, 15) is 14.4 Å². The molecule has 1 unspecified atom stereocenters. The van der Waals surface area contributed by atoms with E-state index in [1.54, 1.807) is 0 Å². The Hall–Kier alpha value is -2.67. The summed E-state index contributed by atoms with van der Waals surface area (Å²) in [5.74, 6) is 0.0147. The molecule has 2 heterocycles. The van der Waals surface area contributed by atoms with Crippen LogP contribution >= 0.6 is 11.8 Å². The molecule has 0 aliphatic carbocycles. The zero-order valence-electron chi connectivity index (χ0n) is 27.2. The number of imide groups is 3. The number of nitrogens with zero attached hydrogens (tertiary/aromatic N) is 2. The Bertz CT molecular complexity index is 1120. The fourth-order valence-electron chi connectivity index (χ4n) is 5.59. The third kappa shape index (κ3) is 13.1. The third-order valence-corrected chi connectivity index (χ3v) is 9.47. The minimum Gasteiger partial charge on any atom is -0.493 e. The van der Waals surface area contributed by atoms with Gasteiger partial charge in [-0.05, 0) is 48.6 Å². The summed E-state index contributed by atoms with van der Waals surface area (Å²) in [6, 6.07) is 11.7. The van der Waals surface area contributed by atoms with Crippen molar-refractivity contribution in [2.24, 2.45) is 0 Å². The lowest BCUT2D eigenvalue weighted by molar-refractivity contribution is -0.139. The van der Waals surface area contributed by atoms with Crippen LogP contribution in [-0.2, 0) is 28.9 Å². The predicted molar refractivity (Wildman–Crippen MR) is 181 cm³/mol. The molecule has 0 N–H and O–H groups in total. The highest BCUT2D eigenvalue weighted by atomic mass is 32.2. The van der Waals surface area contributed by atoms with E-state index in [-0.39, 0.29) is 18.2 Å². The number of amides is 3. The maximum atomic E-state index is 12.9. The number of rotatable bonds is 23. The molecule has 1 aromatic heterocycles. The first-order valence-corrected chi connectivity index (χ1v) is 18.1. The fraction of sp³-hybridized carbons (Fsp3) is 0.622. The van der Waals surface area contributed by atoms with Crippen molar-refractivity contribution < 1.29 is 19.1 Å². The third-order valence-electron chi connectivity index (χ3n) is 8.43. The Morgan fingerprint density at radius 1 is 0.773 bits per heavy atom. The summed E-state index contributed by atoms with van der Waals surface area (Å²) in [6.07, 6.45) is 23.1. The van der Waals surface area contributed by atoms with Crippen molar-refractivity contribution in [3.05, 3.63) is 59.4 Å². The predicted octanol–water partition coefficient (Wildman–Crippen LogP) is 9.66. The van der Waals surface area contributed by atoms with Gasteiger partial charge in [0.05, 0.1) is 11.9 Å². The van der Waals surface area contributed by atoms with Crippen molar-refractivity contribution in [2.45, 2.75) is 141 Å². The van der Waals surface area contributed by atoms with E-state index in [0.717, 1.165) is 65.8 Å². The summed E-state index contributed by atoms with van der Waals surface area (Å²) in [6.45, 7) is 4.90. The first-order valence-electron chi connectivity index (χ1n) is 17.2. The normalized spacial score (nSPS) is 14.9. The molecule has 6 nitrogen and oxygen atoms in total. The number of hydrogen-bond acceptors (Lipinski definition) is 6. The van der Waals surface area contributed by atoms with Gasteiger partial charge in [0.25, 0.3) is 11.1 Å². The second-order valence-corrected chi connectivity index (χ2v) is 13.3. The lowest BCUT2D eigenvalue weighted by atomic mass is 10.0. The van der Waals surface area contributed by atoms with Crippen LogP contribution in [0.15, 0.2) is 42.6 Å². The number of aromatic nitrogens is 1. The minimum atomic E-state index is -0.559. The van der Waals surface area contributed by atoms with Gasteiger partial charge in [0, 0.05) is 24.7 Å². The highest BCUT2D eigenvalue weighted by Crippen LogP contribution is 2.31. The van der Waals surface area contributed by atoms with Crippen LogP contribution in [0.1, 0.15) is 133 Å². The average Bonchev–Trinajstić information content (AvgIpc) is 3.32. The van der Waals surface area contributed by atoms with Gasteiger partial charge in [-0.25, -0.2) is 4.90 Å². The maximum Gasteiger partial charge on any atom is 0.295 e. The van der Waals surface area contributed by atoms with Gasteiger partial charge in [-0.15, -0.1) is 0 Å². The van der Waals surface area contributed by atoms with Crippen molar-refractivity contribution in [3.63, 3.8) is 0 Å². The lowest BCUT2D eigenvalue weighted by Gasteiger charge is -2.12. The van der Waals surface area contributed by atoms with Crippen molar-refractivity contribution in [2.75, 3.05) is 6.61 Å². The average molecular weight is 623 g/mol. The molecule has 2 aromatic rings. The van der Waals surface area contributed by atoms with E-state index in [0.29, 0.717) is 13.0 Å². The molecule has 3 rings (SSSR count). The summed E-state index contributed by atoms with van der Waals surface area (Å²) < 4.78 is 5.86. The van der Waals surface area contributed by atoms with Gasteiger partial charge in [0.2, 0.25) is 5.91 Å². The Balaban J connectivity index is 1.24. The number of hydrogen-bond donors (Lipinski definition) is 0. The second kappa shape index (κ2) is 21.1. The molecule has 1 saturated heterocycles.